The van der Waals surface area contributed by atoms with Crippen LogP contribution in [0.15, 0.2) is 24.3 Å². The second kappa shape index (κ2) is 6.39. The Morgan fingerprint density at radius 2 is 1.95 bits per heavy atom. The molecule has 0 aliphatic carbocycles. The molecule has 2 N–H and O–H groups in total. The van der Waals surface area contributed by atoms with Crippen LogP contribution in [0.5, 0.6) is 0 Å². The Morgan fingerprint density at radius 3 is 2.48 bits per heavy atom. The summed E-state index contributed by atoms with van der Waals surface area (Å²) in [5, 5.41) is 5.42. The van der Waals surface area contributed by atoms with Gasteiger partial charge in [0.1, 0.15) is 0 Å². The van der Waals surface area contributed by atoms with Crippen molar-refractivity contribution in [2.75, 3.05) is 26.0 Å². The summed E-state index contributed by atoms with van der Waals surface area (Å²) >= 11 is 0. The average Bonchev–Trinajstić information content (AvgIpc) is 2.87. The van der Waals surface area contributed by atoms with Crippen LogP contribution < -0.4 is 10.6 Å². The third kappa shape index (κ3) is 4.05. The smallest absolute Gasteiger partial charge is 0.229 e. The molecule has 1 atom stereocenters. The van der Waals surface area contributed by atoms with Crippen molar-refractivity contribution in [1.29, 1.82) is 0 Å². The topological polar surface area (TPSA) is 78.5 Å². The number of rotatable bonds is 4. The maximum atomic E-state index is 11.9. The van der Waals surface area contributed by atoms with E-state index in [9.17, 15) is 14.4 Å². The van der Waals surface area contributed by atoms with Crippen molar-refractivity contribution >= 4 is 23.4 Å². The predicted octanol–water partition coefficient (Wildman–Crippen LogP) is 0.392. The van der Waals surface area contributed by atoms with Gasteiger partial charge in [-0.2, -0.15) is 0 Å². The van der Waals surface area contributed by atoms with Gasteiger partial charge in [0.2, 0.25) is 17.7 Å². The number of anilines is 1. The number of carbonyl (C=O) groups is 3. The van der Waals surface area contributed by atoms with Gasteiger partial charge in [0, 0.05) is 32.7 Å². The molecule has 1 unspecified atom stereocenters. The molecule has 1 aliphatic heterocycles. The minimum Gasteiger partial charge on any atom is -0.355 e. The van der Waals surface area contributed by atoms with Crippen LogP contribution in [0.4, 0.5) is 5.69 Å². The first-order valence-electron chi connectivity index (χ1n) is 6.82. The molecule has 1 aromatic rings. The van der Waals surface area contributed by atoms with E-state index in [2.05, 4.69) is 10.6 Å². The fourth-order valence-electron chi connectivity index (χ4n) is 2.07. The molecular weight excluding hydrogens is 270 g/mol. The quantitative estimate of drug-likeness (QED) is 0.841. The molecule has 21 heavy (non-hydrogen) atoms. The van der Waals surface area contributed by atoms with E-state index in [0.29, 0.717) is 18.7 Å². The Kier molecular flexibility index (Phi) is 4.57. The highest BCUT2D eigenvalue weighted by Gasteiger charge is 2.27. The SMILES string of the molecule is CN(C)C(=O)Cc1ccc(NC(=O)C2CNC(=O)C2)cc1. The Morgan fingerprint density at radius 1 is 1.29 bits per heavy atom. The van der Waals surface area contributed by atoms with E-state index in [1.807, 2.05) is 12.1 Å². The molecule has 1 heterocycles. The Hall–Kier alpha value is -2.37. The number of carbonyl (C=O) groups excluding carboxylic acids is 3. The van der Waals surface area contributed by atoms with Crippen LogP contribution in [0.25, 0.3) is 0 Å². The first-order valence-corrected chi connectivity index (χ1v) is 6.82. The zero-order chi connectivity index (χ0) is 15.4. The van der Waals surface area contributed by atoms with Gasteiger partial charge in [-0.1, -0.05) is 12.1 Å². The first kappa shape index (κ1) is 15.0. The summed E-state index contributed by atoms with van der Waals surface area (Å²) in [4.78, 5) is 36.2. The van der Waals surface area contributed by atoms with Gasteiger partial charge in [-0.25, -0.2) is 0 Å². The lowest BCUT2D eigenvalue weighted by Gasteiger charge is -2.11. The summed E-state index contributed by atoms with van der Waals surface area (Å²) in [6.07, 6.45) is 0.573. The van der Waals surface area contributed by atoms with Gasteiger partial charge in [-0.3, -0.25) is 14.4 Å². The van der Waals surface area contributed by atoms with Crippen LogP contribution in [-0.4, -0.2) is 43.3 Å². The number of likely N-dealkylation sites (N-methyl/N-ethyl adjacent to an activating group) is 1. The van der Waals surface area contributed by atoms with Crippen LogP contribution in [0, 0.1) is 5.92 Å². The molecule has 0 radical (unpaired) electrons. The predicted molar refractivity (Wildman–Crippen MR) is 78.6 cm³/mol. The van der Waals surface area contributed by atoms with Gasteiger partial charge in [0.15, 0.2) is 0 Å². The molecule has 0 spiro atoms. The molecule has 1 aliphatic rings. The molecule has 0 bridgehead atoms. The molecule has 1 saturated heterocycles. The van der Waals surface area contributed by atoms with Crippen LogP contribution in [0.2, 0.25) is 0 Å². The molecular formula is C15H19N3O3. The molecule has 112 valence electrons. The zero-order valence-electron chi connectivity index (χ0n) is 12.2. The van der Waals surface area contributed by atoms with E-state index in [4.69, 9.17) is 0 Å². The summed E-state index contributed by atoms with van der Waals surface area (Å²) in [6.45, 7) is 0.389. The van der Waals surface area contributed by atoms with E-state index in [-0.39, 0.29) is 30.1 Å². The number of nitrogens with zero attached hydrogens (tertiary/aromatic N) is 1. The van der Waals surface area contributed by atoms with Crippen molar-refractivity contribution in [1.82, 2.24) is 10.2 Å². The van der Waals surface area contributed by atoms with E-state index in [1.54, 1.807) is 31.1 Å². The van der Waals surface area contributed by atoms with Crippen LogP contribution >= 0.6 is 0 Å². The summed E-state index contributed by atoms with van der Waals surface area (Å²) in [5.41, 5.74) is 1.56. The third-order valence-electron chi connectivity index (χ3n) is 3.42. The highest BCUT2D eigenvalue weighted by molar-refractivity contribution is 5.97. The Balaban J connectivity index is 1.91. The first-order chi connectivity index (χ1) is 9.95. The lowest BCUT2D eigenvalue weighted by Crippen LogP contribution is -2.25. The normalized spacial score (nSPS) is 17.2. The monoisotopic (exact) mass is 289 g/mol. The van der Waals surface area contributed by atoms with Gasteiger partial charge in [0.05, 0.1) is 12.3 Å². The second-order valence-electron chi connectivity index (χ2n) is 5.36. The fraction of sp³-hybridized carbons (Fsp3) is 0.400. The van der Waals surface area contributed by atoms with Crippen molar-refractivity contribution in [3.8, 4) is 0 Å². The Bertz CT molecular complexity index is 552. The van der Waals surface area contributed by atoms with E-state index >= 15 is 0 Å². The summed E-state index contributed by atoms with van der Waals surface area (Å²) in [6, 6.07) is 7.16. The number of amides is 3. The van der Waals surface area contributed by atoms with Crippen molar-refractivity contribution < 1.29 is 14.4 Å². The van der Waals surface area contributed by atoms with Gasteiger partial charge in [0.25, 0.3) is 0 Å². The standard InChI is InChI=1S/C15H19N3O3/c1-18(2)14(20)7-10-3-5-12(6-4-10)17-15(21)11-8-13(19)16-9-11/h3-6,11H,7-9H2,1-2H3,(H,16,19)(H,17,21). The summed E-state index contributed by atoms with van der Waals surface area (Å²) in [7, 11) is 3.43. The van der Waals surface area contributed by atoms with Crippen LogP contribution in [0.1, 0.15) is 12.0 Å². The van der Waals surface area contributed by atoms with Gasteiger partial charge >= 0.3 is 0 Å². The van der Waals surface area contributed by atoms with Crippen LogP contribution in [-0.2, 0) is 20.8 Å². The molecule has 0 aromatic heterocycles. The third-order valence-corrected chi connectivity index (χ3v) is 3.42. The van der Waals surface area contributed by atoms with E-state index < -0.39 is 0 Å². The molecule has 1 fully saturated rings. The molecule has 6 nitrogen and oxygen atoms in total. The van der Waals surface area contributed by atoms with Crippen molar-refractivity contribution in [2.24, 2.45) is 5.92 Å². The summed E-state index contributed by atoms with van der Waals surface area (Å²) < 4.78 is 0. The highest BCUT2D eigenvalue weighted by Crippen LogP contribution is 2.15. The Labute approximate surface area is 123 Å². The lowest BCUT2D eigenvalue weighted by molar-refractivity contribution is -0.128. The maximum absolute atomic E-state index is 11.9. The molecule has 1 aromatic carbocycles. The fourth-order valence-corrected chi connectivity index (χ4v) is 2.07. The number of benzene rings is 1. The zero-order valence-corrected chi connectivity index (χ0v) is 12.2. The van der Waals surface area contributed by atoms with Crippen molar-refractivity contribution in [3.63, 3.8) is 0 Å². The molecule has 3 amide bonds. The number of nitrogens with one attached hydrogen (secondary N) is 2. The van der Waals surface area contributed by atoms with Gasteiger partial charge in [-0.05, 0) is 17.7 Å². The molecule has 6 heteroatoms. The maximum Gasteiger partial charge on any atom is 0.229 e. The van der Waals surface area contributed by atoms with Crippen LogP contribution in [0.3, 0.4) is 0 Å². The largest absolute Gasteiger partial charge is 0.355 e. The second-order valence-corrected chi connectivity index (χ2v) is 5.36. The highest BCUT2D eigenvalue weighted by atomic mass is 16.2. The minimum atomic E-state index is -0.313. The minimum absolute atomic E-state index is 0.0299. The average molecular weight is 289 g/mol. The van der Waals surface area contributed by atoms with Crippen molar-refractivity contribution in [2.45, 2.75) is 12.8 Å². The summed E-state index contributed by atoms with van der Waals surface area (Å²) in [5.74, 6) is -0.534. The van der Waals surface area contributed by atoms with E-state index in [0.717, 1.165) is 5.56 Å². The van der Waals surface area contributed by atoms with Gasteiger partial charge < -0.3 is 15.5 Å². The number of hydrogen-bond donors (Lipinski definition) is 2. The number of hydrogen-bond acceptors (Lipinski definition) is 3. The molecule has 0 saturated carbocycles. The molecule has 2 rings (SSSR count). The van der Waals surface area contributed by atoms with Gasteiger partial charge in [-0.15, -0.1) is 0 Å². The lowest BCUT2D eigenvalue weighted by atomic mass is 10.1. The van der Waals surface area contributed by atoms with Crippen molar-refractivity contribution in [3.05, 3.63) is 29.8 Å². The van der Waals surface area contributed by atoms with E-state index in [1.165, 1.54) is 0 Å².